The maximum absolute atomic E-state index is 12.7. The van der Waals surface area contributed by atoms with Crippen molar-refractivity contribution in [2.75, 3.05) is 18.0 Å². The fourth-order valence-corrected chi connectivity index (χ4v) is 1.70. The number of halogens is 3. The van der Waals surface area contributed by atoms with Gasteiger partial charge in [-0.25, -0.2) is 0 Å². The monoisotopic (exact) mass is 302 g/mol. The zero-order chi connectivity index (χ0) is 16.0. The van der Waals surface area contributed by atoms with Gasteiger partial charge in [-0.1, -0.05) is 13.0 Å². The smallest absolute Gasteiger partial charge is 0.355 e. The van der Waals surface area contributed by atoms with E-state index in [2.05, 4.69) is 5.32 Å². The first-order valence-corrected chi connectivity index (χ1v) is 6.47. The van der Waals surface area contributed by atoms with Gasteiger partial charge in [-0.05, 0) is 24.6 Å². The molecule has 0 fully saturated rings. The Bertz CT molecular complexity index is 515. The molecule has 0 heterocycles. The zero-order valence-electron chi connectivity index (χ0n) is 11.8. The Morgan fingerprint density at radius 2 is 1.95 bits per heavy atom. The number of nitrogens with zero attached hydrogens (tertiary/aromatic N) is 1. The first-order valence-electron chi connectivity index (χ1n) is 6.47. The lowest BCUT2D eigenvalue weighted by molar-refractivity contribution is -0.137. The molecule has 0 saturated carbocycles. The topological polar surface area (TPSA) is 49.4 Å². The summed E-state index contributed by atoms with van der Waals surface area (Å²) in [7, 11) is 0. The fourth-order valence-electron chi connectivity index (χ4n) is 1.70. The van der Waals surface area contributed by atoms with Crippen LogP contribution in [0.3, 0.4) is 0 Å². The predicted molar refractivity (Wildman–Crippen MR) is 72.8 cm³/mol. The van der Waals surface area contributed by atoms with Gasteiger partial charge in [0.1, 0.15) is 6.54 Å². The van der Waals surface area contributed by atoms with Gasteiger partial charge in [-0.3, -0.25) is 9.59 Å². The van der Waals surface area contributed by atoms with Crippen LogP contribution in [0, 0.1) is 0 Å². The number of anilines is 1. The summed E-state index contributed by atoms with van der Waals surface area (Å²) in [6, 6.07) is 4.34. The molecule has 0 aliphatic heterocycles. The highest BCUT2D eigenvalue weighted by Gasteiger charge is 2.31. The zero-order valence-corrected chi connectivity index (χ0v) is 11.8. The third kappa shape index (κ3) is 5.09. The van der Waals surface area contributed by atoms with Crippen LogP contribution in [0.15, 0.2) is 24.3 Å². The van der Waals surface area contributed by atoms with E-state index in [-0.39, 0.29) is 12.2 Å². The maximum atomic E-state index is 12.7. The van der Waals surface area contributed by atoms with Crippen LogP contribution in [0.1, 0.15) is 25.8 Å². The van der Waals surface area contributed by atoms with Gasteiger partial charge in [-0.15, -0.1) is 0 Å². The largest absolute Gasteiger partial charge is 0.416 e. The van der Waals surface area contributed by atoms with Crippen molar-refractivity contribution in [3.63, 3.8) is 0 Å². The number of carbonyl (C=O) groups is 2. The molecule has 2 amide bonds. The quantitative estimate of drug-likeness (QED) is 0.909. The highest BCUT2D eigenvalue weighted by molar-refractivity contribution is 5.97. The van der Waals surface area contributed by atoms with E-state index in [0.29, 0.717) is 6.54 Å². The maximum Gasteiger partial charge on any atom is 0.416 e. The van der Waals surface area contributed by atoms with Gasteiger partial charge in [0.25, 0.3) is 0 Å². The summed E-state index contributed by atoms with van der Waals surface area (Å²) < 4.78 is 38.0. The lowest BCUT2D eigenvalue weighted by Crippen LogP contribution is -2.40. The number of rotatable bonds is 5. The molecule has 1 aromatic carbocycles. The molecule has 1 N–H and O–H groups in total. The van der Waals surface area contributed by atoms with Crippen molar-refractivity contribution in [2.45, 2.75) is 26.4 Å². The molecule has 0 aliphatic carbocycles. The van der Waals surface area contributed by atoms with Gasteiger partial charge in [0.15, 0.2) is 0 Å². The molecule has 0 atom stereocenters. The van der Waals surface area contributed by atoms with Crippen LogP contribution in [0.2, 0.25) is 0 Å². The molecule has 4 nitrogen and oxygen atoms in total. The van der Waals surface area contributed by atoms with Crippen LogP contribution < -0.4 is 10.2 Å². The summed E-state index contributed by atoms with van der Waals surface area (Å²) in [6.07, 6.45) is -3.77. The van der Waals surface area contributed by atoms with E-state index in [9.17, 15) is 22.8 Å². The number of hydrogen-bond acceptors (Lipinski definition) is 2. The Balaban J connectivity index is 2.96. The lowest BCUT2D eigenvalue weighted by Gasteiger charge is -2.21. The summed E-state index contributed by atoms with van der Waals surface area (Å²) in [5, 5.41) is 2.58. The van der Waals surface area contributed by atoms with E-state index < -0.39 is 23.6 Å². The number of carbonyl (C=O) groups excluding carboxylic acids is 2. The van der Waals surface area contributed by atoms with E-state index >= 15 is 0 Å². The molecule has 1 rings (SSSR count). The second-order valence-electron chi connectivity index (χ2n) is 4.50. The molecule has 21 heavy (non-hydrogen) atoms. The van der Waals surface area contributed by atoms with E-state index in [1.54, 1.807) is 0 Å². The third-order valence-corrected chi connectivity index (χ3v) is 2.74. The van der Waals surface area contributed by atoms with Crippen LogP contribution in [-0.2, 0) is 15.8 Å². The van der Waals surface area contributed by atoms with Crippen molar-refractivity contribution in [3.8, 4) is 0 Å². The summed E-state index contributed by atoms with van der Waals surface area (Å²) in [5.74, 6) is -0.912. The molecule has 0 radical (unpaired) electrons. The number of benzene rings is 1. The summed E-state index contributed by atoms with van der Waals surface area (Å²) in [6.45, 7) is 3.22. The van der Waals surface area contributed by atoms with Crippen LogP contribution in [0.4, 0.5) is 18.9 Å². The van der Waals surface area contributed by atoms with Crippen molar-refractivity contribution in [2.24, 2.45) is 0 Å². The minimum Gasteiger partial charge on any atom is -0.355 e. The normalized spacial score (nSPS) is 11.1. The molecule has 0 aromatic heterocycles. The Kier molecular flexibility index (Phi) is 5.75. The number of nitrogens with one attached hydrogen (secondary N) is 1. The van der Waals surface area contributed by atoms with Gasteiger partial charge in [-0.2, -0.15) is 13.2 Å². The van der Waals surface area contributed by atoms with Crippen molar-refractivity contribution < 1.29 is 22.8 Å². The molecule has 1 aromatic rings. The Morgan fingerprint density at radius 3 is 2.48 bits per heavy atom. The van der Waals surface area contributed by atoms with Crippen LogP contribution in [-0.4, -0.2) is 24.9 Å². The minimum atomic E-state index is -4.50. The molecular weight excluding hydrogens is 285 g/mol. The molecule has 0 unspecified atom stereocenters. The van der Waals surface area contributed by atoms with E-state index in [1.807, 2.05) is 6.92 Å². The van der Waals surface area contributed by atoms with Crippen LogP contribution in [0.25, 0.3) is 0 Å². The van der Waals surface area contributed by atoms with E-state index in [0.717, 1.165) is 23.5 Å². The van der Waals surface area contributed by atoms with Crippen LogP contribution >= 0.6 is 0 Å². The van der Waals surface area contributed by atoms with E-state index in [4.69, 9.17) is 0 Å². The van der Waals surface area contributed by atoms with Gasteiger partial charge in [0.2, 0.25) is 11.8 Å². The molecular formula is C14H17F3N2O2. The van der Waals surface area contributed by atoms with Gasteiger partial charge in [0, 0.05) is 19.2 Å². The molecule has 0 spiro atoms. The van der Waals surface area contributed by atoms with Gasteiger partial charge < -0.3 is 10.2 Å². The first-order chi connectivity index (χ1) is 9.75. The highest BCUT2D eigenvalue weighted by Crippen LogP contribution is 2.31. The number of alkyl halides is 3. The molecule has 7 heteroatoms. The fraction of sp³-hybridized carbons (Fsp3) is 0.429. The molecule has 0 saturated heterocycles. The first kappa shape index (κ1) is 17.0. The third-order valence-electron chi connectivity index (χ3n) is 2.74. The second kappa shape index (κ2) is 7.10. The summed E-state index contributed by atoms with van der Waals surface area (Å²) >= 11 is 0. The Morgan fingerprint density at radius 1 is 1.29 bits per heavy atom. The summed E-state index contributed by atoms with van der Waals surface area (Å²) in [4.78, 5) is 24.2. The second-order valence-corrected chi connectivity index (χ2v) is 4.50. The molecule has 0 aliphatic rings. The lowest BCUT2D eigenvalue weighted by atomic mass is 10.1. The van der Waals surface area contributed by atoms with Gasteiger partial charge in [0.05, 0.1) is 5.56 Å². The standard InChI is InChI=1S/C14H17F3N2O2/c1-3-7-18-13(21)9-19(10(2)20)12-6-4-5-11(8-12)14(15,16)17/h4-6,8H,3,7,9H2,1-2H3,(H,18,21). The number of amides is 2. The average molecular weight is 302 g/mol. The van der Waals surface area contributed by atoms with Crippen molar-refractivity contribution in [1.29, 1.82) is 0 Å². The van der Waals surface area contributed by atoms with Crippen molar-refractivity contribution in [3.05, 3.63) is 29.8 Å². The SMILES string of the molecule is CCCNC(=O)CN(C(C)=O)c1cccc(C(F)(F)F)c1. The number of hydrogen-bond donors (Lipinski definition) is 1. The molecule has 0 bridgehead atoms. The van der Waals surface area contributed by atoms with Crippen molar-refractivity contribution in [1.82, 2.24) is 5.32 Å². The predicted octanol–water partition coefficient (Wildman–Crippen LogP) is 2.58. The Hall–Kier alpha value is -2.05. The van der Waals surface area contributed by atoms with Crippen LogP contribution in [0.5, 0.6) is 0 Å². The average Bonchev–Trinajstić information content (AvgIpc) is 2.41. The highest BCUT2D eigenvalue weighted by atomic mass is 19.4. The van der Waals surface area contributed by atoms with Gasteiger partial charge >= 0.3 is 6.18 Å². The summed E-state index contributed by atoms with van der Waals surface area (Å²) in [5.41, 5.74) is -0.816. The van der Waals surface area contributed by atoms with Crippen molar-refractivity contribution >= 4 is 17.5 Å². The Labute approximate surface area is 120 Å². The van der Waals surface area contributed by atoms with E-state index in [1.165, 1.54) is 19.1 Å². The molecule has 116 valence electrons. The minimum absolute atomic E-state index is 0.0453.